The van der Waals surface area contributed by atoms with Crippen molar-refractivity contribution in [1.29, 1.82) is 0 Å². The molecule has 0 aromatic heterocycles. The molecule has 0 aliphatic rings. The molecule has 1 N–H and O–H groups in total. The van der Waals surface area contributed by atoms with E-state index in [-0.39, 0.29) is 0 Å². The number of benzene rings is 1. The average molecular weight is 207 g/mol. The van der Waals surface area contributed by atoms with Gasteiger partial charge in [0, 0.05) is 6.54 Å². The van der Waals surface area contributed by atoms with Crippen LogP contribution in [0.1, 0.15) is 28.8 Å². The molecule has 3 nitrogen and oxygen atoms in total. The number of carboxylic acid groups (broad SMARTS) is 1. The fourth-order valence-corrected chi connectivity index (χ4v) is 1.61. The van der Waals surface area contributed by atoms with Gasteiger partial charge in [0.15, 0.2) is 0 Å². The first kappa shape index (κ1) is 11.7. The van der Waals surface area contributed by atoms with Crippen LogP contribution in [0.4, 0.5) is 0 Å². The lowest BCUT2D eigenvalue weighted by Gasteiger charge is -2.17. The zero-order valence-corrected chi connectivity index (χ0v) is 9.40. The minimum Gasteiger partial charge on any atom is -0.478 e. The molecule has 1 rings (SSSR count). The predicted molar refractivity (Wildman–Crippen MR) is 60.4 cm³/mol. The molecule has 0 aliphatic heterocycles. The summed E-state index contributed by atoms with van der Waals surface area (Å²) in [6.45, 7) is 3.10. The monoisotopic (exact) mass is 207 g/mol. The summed E-state index contributed by atoms with van der Waals surface area (Å²) < 4.78 is 0. The summed E-state index contributed by atoms with van der Waals surface area (Å²) >= 11 is 0. The van der Waals surface area contributed by atoms with E-state index in [9.17, 15) is 4.79 Å². The highest BCUT2D eigenvalue weighted by atomic mass is 16.4. The maximum atomic E-state index is 10.7. The van der Waals surface area contributed by atoms with Gasteiger partial charge < -0.3 is 10.0 Å². The summed E-state index contributed by atoms with van der Waals surface area (Å²) in [6.07, 6.45) is 0. The van der Waals surface area contributed by atoms with Gasteiger partial charge in [0.1, 0.15) is 0 Å². The Morgan fingerprint density at radius 2 is 1.87 bits per heavy atom. The van der Waals surface area contributed by atoms with E-state index < -0.39 is 5.97 Å². The molecule has 82 valence electrons. The molecule has 0 heterocycles. The first-order valence-electron chi connectivity index (χ1n) is 4.98. The second-order valence-electron chi connectivity index (χ2n) is 4.09. The van der Waals surface area contributed by atoms with E-state index in [2.05, 4.69) is 11.8 Å². The van der Waals surface area contributed by atoms with Gasteiger partial charge in [-0.05, 0) is 37.7 Å². The van der Waals surface area contributed by atoms with Crippen LogP contribution < -0.4 is 0 Å². The van der Waals surface area contributed by atoms with Gasteiger partial charge >= 0.3 is 5.97 Å². The van der Waals surface area contributed by atoms with Crippen LogP contribution in [0, 0.1) is 0 Å². The molecule has 0 radical (unpaired) electrons. The Kier molecular flexibility index (Phi) is 3.86. The molecule has 3 heteroatoms. The molecule has 1 atom stereocenters. The van der Waals surface area contributed by atoms with E-state index in [1.54, 1.807) is 12.1 Å². The van der Waals surface area contributed by atoms with Gasteiger partial charge in [-0.25, -0.2) is 4.79 Å². The lowest BCUT2D eigenvalue weighted by atomic mass is 9.99. The summed E-state index contributed by atoms with van der Waals surface area (Å²) in [7, 11) is 4.06. The van der Waals surface area contributed by atoms with Gasteiger partial charge in [-0.15, -0.1) is 0 Å². The normalized spacial score (nSPS) is 12.8. The second kappa shape index (κ2) is 4.94. The highest BCUT2D eigenvalue weighted by molar-refractivity contribution is 5.87. The van der Waals surface area contributed by atoms with Crippen molar-refractivity contribution in [2.45, 2.75) is 12.8 Å². The van der Waals surface area contributed by atoms with E-state index in [1.165, 1.54) is 5.56 Å². The average Bonchev–Trinajstić information content (AvgIpc) is 2.17. The van der Waals surface area contributed by atoms with Crippen molar-refractivity contribution in [3.63, 3.8) is 0 Å². The molecule has 0 amide bonds. The fraction of sp³-hybridized carbons (Fsp3) is 0.417. The highest BCUT2D eigenvalue weighted by Gasteiger charge is 2.08. The summed E-state index contributed by atoms with van der Waals surface area (Å²) in [5.74, 6) is -0.454. The maximum Gasteiger partial charge on any atom is 0.335 e. The van der Waals surface area contributed by atoms with Crippen molar-refractivity contribution in [3.05, 3.63) is 35.4 Å². The summed E-state index contributed by atoms with van der Waals surface area (Å²) in [4.78, 5) is 12.8. The SMILES string of the molecule is CC(CN(C)C)c1ccc(C(=O)O)cc1. The first-order chi connectivity index (χ1) is 7.00. The number of carbonyl (C=O) groups is 1. The number of hydrogen-bond donors (Lipinski definition) is 1. The third-order valence-electron chi connectivity index (χ3n) is 2.37. The Hall–Kier alpha value is -1.35. The third-order valence-corrected chi connectivity index (χ3v) is 2.37. The topological polar surface area (TPSA) is 40.5 Å². The Morgan fingerprint density at radius 1 is 1.33 bits per heavy atom. The van der Waals surface area contributed by atoms with Crippen LogP contribution >= 0.6 is 0 Å². The van der Waals surface area contributed by atoms with Crippen LogP contribution in [-0.2, 0) is 0 Å². The van der Waals surface area contributed by atoms with E-state index in [0.29, 0.717) is 11.5 Å². The van der Waals surface area contributed by atoms with Crippen LogP contribution in [0.5, 0.6) is 0 Å². The lowest BCUT2D eigenvalue weighted by molar-refractivity contribution is 0.0697. The number of nitrogens with zero attached hydrogens (tertiary/aromatic N) is 1. The summed E-state index contributed by atoms with van der Waals surface area (Å²) in [5.41, 5.74) is 1.52. The Morgan fingerprint density at radius 3 is 2.27 bits per heavy atom. The number of likely N-dealkylation sites (N-methyl/N-ethyl adjacent to an activating group) is 1. The predicted octanol–water partition coefficient (Wildman–Crippen LogP) is 2.05. The molecule has 1 unspecified atom stereocenters. The van der Waals surface area contributed by atoms with Gasteiger partial charge in [-0.3, -0.25) is 0 Å². The van der Waals surface area contributed by atoms with Crippen LogP contribution in [0.25, 0.3) is 0 Å². The molecule has 0 saturated carbocycles. The lowest BCUT2D eigenvalue weighted by Crippen LogP contribution is -2.18. The van der Waals surface area contributed by atoms with Gasteiger partial charge in [-0.2, -0.15) is 0 Å². The number of carboxylic acids is 1. The van der Waals surface area contributed by atoms with Crippen LogP contribution in [0.15, 0.2) is 24.3 Å². The fourth-order valence-electron chi connectivity index (χ4n) is 1.61. The quantitative estimate of drug-likeness (QED) is 0.821. The molecular weight excluding hydrogens is 190 g/mol. The van der Waals surface area contributed by atoms with Crippen molar-refractivity contribution in [3.8, 4) is 0 Å². The minimum absolute atomic E-state index is 0.343. The Balaban J connectivity index is 2.75. The van der Waals surface area contributed by atoms with E-state index in [0.717, 1.165) is 6.54 Å². The van der Waals surface area contributed by atoms with E-state index in [4.69, 9.17) is 5.11 Å². The van der Waals surface area contributed by atoms with Crippen molar-refractivity contribution in [2.24, 2.45) is 0 Å². The highest BCUT2D eigenvalue weighted by Crippen LogP contribution is 2.16. The van der Waals surface area contributed by atoms with Crippen molar-refractivity contribution >= 4 is 5.97 Å². The number of hydrogen-bond acceptors (Lipinski definition) is 2. The molecule has 1 aromatic carbocycles. The smallest absolute Gasteiger partial charge is 0.335 e. The number of rotatable bonds is 4. The van der Waals surface area contributed by atoms with Crippen LogP contribution in [0.2, 0.25) is 0 Å². The van der Waals surface area contributed by atoms with Gasteiger partial charge in [0.2, 0.25) is 0 Å². The van der Waals surface area contributed by atoms with Crippen molar-refractivity contribution in [2.75, 3.05) is 20.6 Å². The Bertz CT molecular complexity index is 330. The number of aromatic carboxylic acids is 1. The molecule has 0 spiro atoms. The van der Waals surface area contributed by atoms with Crippen molar-refractivity contribution in [1.82, 2.24) is 4.90 Å². The summed E-state index contributed by atoms with van der Waals surface area (Å²) in [5, 5.41) is 8.75. The molecule has 0 saturated heterocycles. The standard InChI is InChI=1S/C12H17NO2/c1-9(8-13(2)3)10-4-6-11(7-5-10)12(14)15/h4-7,9H,8H2,1-3H3,(H,14,15). The van der Waals surface area contributed by atoms with E-state index in [1.807, 2.05) is 26.2 Å². The molecule has 0 fully saturated rings. The molecule has 15 heavy (non-hydrogen) atoms. The van der Waals surface area contributed by atoms with Gasteiger partial charge in [0.25, 0.3) is 0 Å². The van der Waals surface area contributed by atoms with Gasteiger partial charge in [-0.1, -0.05) is 19.1 Å². The summed E-state index contributed by atoms with van der Waals surface area (Å²) in [6, 6.07) is 7.09. The Labute approximate surface area is 90.3 Å². The zero-order valence-electron chi connectivity index (χ0n) is 9.40. The van der Waals surface area contributed by atoms with E-state index >= 15 is 0 Å². The minimum atomic E-state index is -0.873. The molecule has 0 aliphatic carbocycles. The largest absolute Gasteiger partial charge is 0.478 e. The zero-order chi connectivity index (χ0) is 11.4. The van der Waals surface area contributed by atoms with Crippen LogP contribution in [0.3, 0.4) is 0 Å². The first-order valence-corrected chi connectivity index (χ1v) is 4.98. The second-order valence-corrected chi connectivity index (χ2v) is 4.09. The molecule has 1 aromatic rings. The molecule has 0 bridgehead atoms. The van der Waals surface area contributed by atoms with Gasteiger partial charge in [0.05, 0.1) is 5.56 Å². The third kappa shape index (κ3) is 3.36. The van der Waals surface area contributed by atoms with Crippen molar-refractivity contribution < 1.29 is 9.90 Å². The van der Waals surface area contributed by atoms with Crippen LogP contribution in [-0.4, -0.2) is 36.6 Å². The molecular formula is C12H17NO2. The maximum absolute atomic E-state index is 10.7.